The largest absolute Gasteiger partial charge is 0.399 e. The van der Waals surface area contributed by atoms with Crippen LogP contribution in [-0.4, -0.2) is 15.2 Å². The summed E-state index contributed by atoms with van der Waals surface area (Å²) < 4.78 is 0. The molecular weight excluding hydrogens is 238 g/mol. The summed E-state index contributed by atoms with van der Waals surface area (Å²) in [5, 5.41) is 11.5. The van der Waals surface area contributed by atoms with Crippen molar-refractivity contribution in [3.63, 3.8) is 0 Å². The number of hydrogen-bond donors (Lipinski definition) is 3. The fraction of sp³-hybridized carbons (Fsp3) is 0. The summed E-state index contributed by atoms with van der Waals surface area (Å²) in [6.45, 7) is 0. The first-order valence-corrected chi connectivity index (χ1v) is 5.91. The van der Waals surface area contributed by atoms with E-state index in [0.29, 0.717) is 5.82 Å². The van der Waals surface area contributed by atoms with Gasteiger partial charge in [0.25, 0.3) is 0 Å². The number of H-pyrrole nitrogens is 1. The molecule has 0 aliphatic carbocycles. The average molecular weight is 251 g/mol. The highest BCUT2D eigenvalue weighted by Crippen LogP contribution is 2.18. The Hall–Kier alpha value is -2.82. The van der Waals surface area contributed by atoms with Crippen LogP contribution in [0.2, 0.25) is 0 Å². The maximum Gasteiger partial charge on any atom is 0.153 e. The molecule has 5 heteroatoms. The van der Waals surface area contributed by atoms with Gasteiger partial charge in [0.05, 0.1) is 5.69 Å². The minimum Gasteiger partial charge on any atom is -0.399 e. The van der Waals surface area contributed by atoms with Gasteiger partial charge >= 0.3 is 0 Å². The third-order valence-corrected chi connectivity index (χ3v) is 2.72. The van der Waals surface area contributed by atoms with Crippen molar-refractivity contribution in [3.8, 4) is 11.4 Å². The fourth-order valence-electron chi connectivity index (χ4n) is 1.75. The summed E-state index contributed by atoms with van der Waals surface area (Å²) in [5.41, 5.74) is 9.06. The Kier molecular flexibility index (Phi) is 2.86. The molecule has 19 heavy (non-hydrogen) atoms. The van der Waals surface area contributed by atoms with Crippen LogP contribution in [0.5, 0.6) is 0 Å². The quantitative estimate of drug-likeness (QED) is 0.625. The Morgan fingerprint density at radius 1 is 0.947 bits per heavy atom. The zero-order chi connectivity index (χ0) is 13.1. The van der Waals surface area contributed by atoms with E-state index in [-0.39, 0.29) is 0 Å². The molecule has 0 spiro atoms. The zero-order valence-corrected chi connectivity index (χ0v) is 10.2. The van der Waals surface area contributed by atoms with Crippen LogP contribution in [-0.2, 0) is 0 Å². The standard InChI is InChI=1S/C14H13N5/c15-10-3-5-11(6-4-10)17-14-8-7-13(18-19-14)12-2-1-9-16-12/h1-9,16H,15H2,(H,17,19). The first-order valence-electron chi connectivity index (χ1n) is 5.91. The van der Waals surface area contributed by atoms with Gasteiger partial charge in [-0.25, -0.2) is 0 Å². The van der Waals surface area contributed by atoms with Gasteiger partial charge in [-0.3, -0.25) is 0 Å². The van der Waals surface area contributed by atoms with E-state index in [1.54, 1.807) is 0 Å². The van der Waals surface area contributed by atoms with Crippen molar-refractivity contribution in [2.24, 2.45) is 0 Å². The van der Waals surface area contributed by atoms with Crippen LogP contribution in [0, 0.1) is 0 Å². The molecule has 0 atom stereocenters. The predicted octanol–water partition coefficient (Wildman–Crippen LogP) is 2.80. The minimum atomic E-state index is 0.695. The molecule has 4 N–H and O–H groups in total. The maximum atomic E-state index is 5.63. The van der Waals surface area contributed by atoms with Gasteiger partial charge < -0.3 is 16.0 Å². The molecule has 3 aromatic rings. The third-order valence-electron chi connectivity index (χ3n) is 2.72. The molecule has 0 radical (unpaired) electrons. The normalized spacial score (nSPS) is 10.3. The van der Waals surface area contributed by atoms with E-state index < -0.39 is 0 Å². The summed E-state index contributed by atoms with van der Waals surface area (Å²) in [6.07, 6.45) is 1.86. The molecule has 0 amide bonds. The van der Waals surface area contributed by atoms with Crippen LogP contribution >= 0.6 is 0 Å². The lowest BCUT2D eigenvalue weighted by molar-refractivity contribution is 1.04. The van der Waals surface area contributed by atoms with E-state index in [4.69, 9.17) is 5.73 Å². The second kappa shape index (κ2) is 4.81. The summed E-state index contributed by atoms with van der Waals surface area (Å²) in [6, 6.07) is 15.2. The van der Waals surface area contributed by atoms with Crippen LogP contribution in [0.4, 0.5) is 17.2 Å². The summed E-state index contributed by atoms with van der Waals surface area (Å²) in [7, 11) is 0. The van der Waals surface area contributed by atoms with E-state index in [0.717, 1.165) is 22.8 Å². The molecule has 94 valence electrons. The minimum absolute atomic E-state index is 0.695. The van der Waals surface area contributed by atoms with Crippen LogP contribution in [0.3, 0.4) is 0 Å². The van der Waals surface area contributed by atoms with Crippen molar-refractivity contribution in [1.82, 2.24) is 15.2 Å². The molecule has 2 heterocycles. The number of hydrogen-bond acceptors (Lipinski definition) is 4. The van der Waals surface area contributed by atoms with Crippen LogP contribution < -0.4 is 11.1 Å². The molecule has 1 aromatic carbocycles. The van der Waals surface area contributed by atoms with Gasteiger partial charge in [0.1, 0.15) is 5.69 Å². The number of benzene rings is 1. The van der Waals surface area contributed by atoms with Crippen LogP contribution in [0.25, 0.3) is 11.4 Å². The molecule has 0 unspecified atom stereocenters. The second-order valence-electron chi connectivity index (χ2n) is 4.13. The highest BCUT2D eigenvalue weighted by Gasteiger charge is 2.01. The van der Waals surface area contributed by atoms with Gasteiger partial charge in [0, 0.05) is 17.6 Å². The van der Waals surface area contributed by atoms with Crippen molar-refractivity contribution < 1.29 is 0 Å². The monoisotopic (exact) mass is 251 g/mol. The van der Waals surface area contributed by atoms with Gasteiger partial charge in [0.15, 0.2) is 5.82 Å². The van der Waals surface area contributed by atoms with Crippen molar-refractivity contribution in [2.45, 2.75) is 0 Å². The van der Waals surface area contributed by atoms with Gasteiger partial charge in [0.2, 0.25) is 0 Å². The lowest BCUT2D eigenvalue weighted by atomic mass is 10.3. The fourth-order valence-corrected chi connectivity index (χ4v) is 1.75. The third kappa shape index (κ3) is 2.55. The number of nitrogens with one attached hydrogen (secondary N) is 2. The second-order valence-corrected chi connectivity index (χ2v) is 4.13. The number of nitrogen functional groups attached to an aromatic ring is 1. The van der Waals surface area contributed by atoms with E-state index in [1.165, 1.54) is 0 Å². The topological polar surface area (TPSA) is 79.6 Å². The van der Waals surface area contributed by atoms with Crippen LogP contribution in [0.1, 0.15) is 0 Å². The number of nitrogens with zero attached hydrogens (tertiary/aromatic N) is 2. The lowest BCUT2D eigenvalue weighted by Gasteiger charge is -2.05. The van der Waals surface area contributed by atoms with E-state index in [1.807, 2.05) is 54.7 Å². The number of nitrogens with two attached hydrogens (primary N) is 1. The van der Waals surface area contributed by atoms with Crippen molar-refractivity contribution >= 4 is 17.2 Å². The number of aromatic amines is 1. The zero-order valence-electron chi connectivity index (χ0n) is 10.2. The highest BCUT2D eigenvalue weighted by molar-refractivity contribution is 5.61. The highest BCUT2D eigenvalue weighted by atomic mass is 15.2. The SMILES string of the molecule is Nc1ccc(Nc2ccc(-c3ccc[nH]3)nn2)cc1. The molecule has 0 aliphatic heterocycles. The van der Waals surface area contributed by atoms with E-state index in [2.05, 4.69) is 20.5 Å². The van der Waals surface area contributed by atoms with Gasteiger partial charge in [-0.1, -0.05) is 0 Å². The summed E-state index contributed by atoms with van der Waals surface area (Å²) in [4.78, 5) is 3.09. The average Bonchev–Trinajstić information content (AvgIpc) is 2.96. The molecule has 0 saturated heterocycles. The first-order chi connectivity index (χ1) is 9.31. The van der Waals surface area contributed by atoms with Crippen LogP contribution in [0.15, 0.2) is 54.7 Å². The Balaban J connectivity index is 1.77. The van der Waals surface area contributed by atoms with Crippen molar-refractivity contribution in [3.05, 3.63) is 54.7 Å². The number of rotatable bonds is 3. The molecule has 0 saturated carbocycles. The number of anilines is 3. The molecule has 3 rings (SSSR count). The molecule has 0 bridgehead atoms. The Labute approximate surface area is 110 Å². The molecule has 5 nitrogen and oxygen atoms in total. The smallest absolute Gasteiger partial charge is 0.153 e. The summed E-state index contributed by atoms with van der Waals surface area (Å²) >= 11 is 0. The van der Waals surface area contributed by atoms with Gasteiger partial charge in [-0.15, -0.1) is 10.2 Å². The lowest BCUT2D eigenvalue weighted by Crippen LogP contribution is -1.96. The molecule has 2 aromatic heterocycles. The number of aromatic nitrogens is 3. The van der Waals surface area contributed by atoms with E-state index >= 15 is 0 Å². The van der Waals surface area contributed by atoms with Crippen molar-refractivity contribution in [2.75, 3.05) is 11.1 Å². The van der Waals surface area contributed by atoms with Crippen molar-refractivity contribution in [1.29, 1.82) is 0 Å². The Morgan fingerprint density at radius 3 is 2.42 bits per heavy atom. The van der Waals surface area contributed by atoms with Gasteiger partial charge in [-0.05, 0) is 48.5 Å². The Bertz CT molecular complexity index is 641. The van der Waals surface area contributed by atoms with Gasteiger partial charge in [-0.2, -0.15) is 0 Å². The molecular formula is C14H13N5. The summed E-state index contributed by atoms with van der Waals surface area (Å²) in [5.74, 6) is 0.695. The Morgan fingerprint density at radius 2 is 1.79 bits per heavy atom. The first kappa shape index (κ1) is 11.3. The predicted molar refractivity (Wildman–Crippen MR) is 76.0 cm³/mol. The maximum absolute atomic E-state index is 5.63. The molecule has 0 aliphatic rings. The van der Waals surface area contributed by atoms with E-state index in [9.17, 15) is 0 Å². The molecule has 0 fully saturated rings.